The van der Waals surface area contributed by atoms with Crippen LogP contribution in [0, 0.1) is 0 Å². The van der Waals surface area contributed by atoms with E-state index in [0.29, 0.717) is 24.2 Å². The minimum Gasteiger partial charge on any atom is -0.394 e. The van der Waals surface area contributed by atoms with Crippen LogP contribution in [0.5, 0.6) is 0 Å². The van der Waals surface area contributed by atoms with Gasteiger partial charge in [0.05, 0.1) is 6.04 Å². The molecule has 0 unspecified atom stereocenters. The standard InChI is InChI=1S/C30H22N8O6/c31-23-24(26(40)25(23)39)38-11-17-2-1-14(7-18(17)12-38)10-32-28(41)21-9-22(34-13-33-21)29(42)35-20-6-4-15-8-16(3-5-19(15)20)27-36-30(43)44-37-27/h1-3,5,7-9,11-13,20H,4,6,10,31H2,(H,32,41)(H,35,42)(H,36,37,43)/t20-/m0/s1. The summed E-state index contributed by atoms with van der Waals surface area (Å²) in [7, 11) is 0. The number of nitrogens with one attached hydrogen (secondary N) is 3. The fourth-order valence-corrected chi connectivity index (χ4v) is 5.46. The number of nitrogens with two attached hydrogens (primary N) is 1. The van der Waals surface area contributed by atoms with E-state index in [1.54, 1.807) is 18.5 Å². The number of carbonyl (C=O) groups is 2. The Hall–Kier alpha value is -6.18. The van der Waals surface area contributed by atoms with Crippen LogP contribution in [-0.2, 0) is 13.0 Å². The third-order valence-corrected chi connectivity index (χ3v) is 7.71. The van der Waals surface area contributed by atoms with Gasteiger partial charge in [-0.05, 0) is 47.1 Å². The van der Waals surface area contributed by atoms with Crippen LogP contribution >= 0.6 is 0 Å². The minimum absolute atomic E-state index is 0.0334. The molecule has 0 bridgehead atoms. The molecular formula is C30H22N8O6. The number of fused-ring (bicyclic) bond motifs is 2. The number of anilines is 1. The van der Waals surface area contributed by atoms with Crippen molar-refractivity contribution in [2.24, 2.45) is 0 Å². The molecule has 44 heavy (non-hydrogen) atoms. The number of H-pyrrole nitrogens is 1. The molecular weight excluding hydrogens is 568 g/mol. The molecule has 2 amide bonds. The maximum Gasteiger partial charge on any atom is 0.439 e. The number of benzene rings is 2. The maximum atomic E-state index is 13.1. The average molecular weight is 591 g/mol. The van der Waals surface area contributed by atoms with Crippen LogP contribution in [0.3, 0.4) is 0 Å². The predicted molar refractivity (Wildman–Crippen MR) is 157 cm³/mol. The SMILES string of the molecule is Nc1c(-n2cc3ccc(CNC(=O)c4cc(C(=O)N[C@H]5CCc6cc(-c7noc(=O)[nH]7)ccc65)ncn4)cc3c2)c(=O)c1=O. The molecule has 14 nitrogen and oxygen atoms in total. The topological polar surface area (TPSA) is 208 Å². The van der Waals surface area contributed by atoms with E-state index in [1.807, 2.05) is 30.3 Å². The van der Waals surface area contributed by atoms with E-state index in [2.05, 4.69) is 35.3 Å². The van der Waals surface area contributed by atoms with Crippen molar-refractivity contribution in [3.8, 4) is 17.1 Å². The zero-order chi connectivity index (χ0) is 30.5. The molecule has 7 rings (SSSR count). The van der Waals surface area contributed by atoms with E-state index in [0.717, 1.165) is 27.5 Å². The molecule has 218 valence electrons. The Bertz CT molecular complexity index is 2250. The van der Waals surface area contributed by atoms with E-state index in [9.17, 15) is 24.0 Å². The quantitative estimate of drug-likeness (QED) is 0.196. The molecule has 3 heterocycles. The lowest BCUT2D eigenvalue weighted by Gasteiger charge is -2.14. The number of rotatable bonds is 7. The van der Waals surface area contributed by atoms with Gasteiger partial charge < -0.3 is 20.9 Å². The number of aromatic amines is 1. The van der Waals surface area contributed by atoms with Crippen LogP contribution in [-0.4, -0.2) is 36.5 Å². The van der Waals surface area contributed by atoms with Crippen molar-refractivity contribution in [1.29, 1.82) is 0 Å². The van der Waals surface area contributed by atoms with Gasteiger partial charge in [-0.1, -0.05) is 29.4 Å². The summed E-state index contributed by atoms with van der Waals surface area (Å²) in [6.07, 6.45) is 5.96. The first kappa shape index (κ1) is 26.7. The summed E-state index contributed by atoms with van der Waals surface area (Å²) in [5, 5.41) is 11.1. The molecule has 1 atom stereocenters. The first-order valence-corrected chi connectivity index (χ1v) is 13.6. The van der Waals surface area contributed by atoms with E-state index in [4.69, 9.17) is 5.73 Å². The molecule has 0 saturated carbocycles. The summed E-state index contributed by atoms with van der Waals surface area (Å²) >= 11 is 0. The lowest BCUT2D eigenvalue weighted by molar-refractivity contribution is 0.0931. The number of hydrogen-bond acceptors (Lipinski definition) is 10. The zero-order valence-corrected chi connectivity index (χ0v) is 22.8. The second-order valence-corrected chi connectivity index (χ2v) is 10.4. The van der Waals surface area contributed by atoms with Crippen molar-refractivity contribution in [3.63, 3.8) is 0 Å². The summed E-state index contributed by atoms with van der Waals surface area (Å²) in [6, 6.07) is 12.2. The second-order valence-electron chi connectivity index (χ2n) is 10.4. The van der Waals surface area contributed by atoms with E-state index in [-0.39, 0.29) is 35.3 Å². The van der Waals surface area contributed by atoms with Gasteiger partial charge >= 0.3 is 5.76 Å². The Kier molecular flexibility index (Phi) is 6.23. The van der Waals surface area contributed by atoms with Crippen molar-refractivity contribution in [2.75, 3.05) is 5.73 Å². The average Bonchev–Trinajstić information content (AvgIpc) is 3.77. The van der Waals surface area contributed by atoms with Gasteiger partial charge in [0.2, 0.25) is 0 Å². The van der Waals surface area contributed by atoms with E-state index < -0.39 is 28.4 Å². The molecule has 3 aromatic heterocycles. The van der Waals surface area contributed by atoms with Crippen LogP contribution in [0.4, 0.5) is 5.69 Å². The van der Waals surface area contributed by atoms with Crippen molar-refractivity contribution in [1.82, 2.24) is 35.3 Å². The number of hydrogen-bond donors (Lipinski definition) is 4. The first-order valence-electron chi connectivity index (χ1n) is 13.6. The third kappa shape index (κ3) is 4.63. The first-order chi connectivity index (χ1) is 21.2. The highest BCUT2D eigenvalue weighted by Crippen LogP contribution is 2.33. The Morgan fingerprint density at radius 3 is 2.55 bits per heavy atom. The van der Waals surface area contributed by atoms with Gasteiger partial charge in [0.1, 0.15) is 29.1 Å². The molecule has 0 spiro atoms. The largest absolute Gasteiger partial charge is 0.439 e. The van der Waals surface area contributed by atoms with Gasteiger partial charge in [0.15, 0.2) is 5.82 Å². The summed E-state index contributed by atoms with van der Waals surface area (Å²) in [5.74, 6) is -1.23. The molecule has 14 heteroatoms. The van der Waals surface area contributed by atoms with Crippen molar-refractivity contribution in [2.45, 2.75) is 25.4 Å². The number of aromatic nitrogens is 5. The van der Waals surface area contributed by atoms with Crippen LogP contribution in [0.25, 0.3) is 27.8 Å². The lowest BCUT2D eigenvalue weighted by atomic mass is 10.0. The molecule has 3 aromatic carbocycles. The Labute approximate surface area is 246 Å². The number of aryl methyl sites for hydroxylation is 1. The number of nitrogens with zero attached hydrogens (tertiary/aromatic N) is 4. The maximum absolute atomic E-state index is 13.1. The van der Waals surface area contributed by atoms with E-state index in [1.165, 1.54) is 17.0 Å². The van der Waals surface area contributed by atoms with Gasteiger partial charge in [-0.15, -0.1) is 0 Å². The Morgan fingerprint density at radius 1 is 0.977 bits per heavy atom. The molecule has 1 aliphatic carbocycles. The highest BCUT2D eigenvalue weighted by molar-refractivity contribution is 5.97. The van der Waals surface area contributed by atoms with Gasteiger partial charge in [-0.2, -0.15) is 0 Å². The van der Waals surface area contributed by atoms with Gasteiger partial charge in [0, 0.05) is 36.0 Å². The van der Waals surface area contributed by atoms with Crippen LogP contribution in [0.1, 0.15) is 50.1 Å². The van der Waals surface area contributed by atoms with Crippen LogP contribution in [0.15, 0.2) is 80.1 Å². The molecule has 5 N–H and O–H groups in total. The van der Waals surface area contributed by atoms with Crippen LogP contribution < -0.4 is 33.0 Å². The zero-order valence-electron chi connectivity index (χ0n) is 22.8. The van der Waals surface area contributed by atoms with Gasteiger partial charge in [-0.3, -0.25) is 28.7 Å². The fourth-order valence-electron chi connectivity index (χ4n) is 5.46. The Morgan fingerprint density at radius 2 is 1.77 bits per heavy atom. The van der Waals surface area contributed by atoms with Crippen molar-refractivity contribution in [3.05, 3.63) is 120 Å². The van der Waals surface area contributed by atoms with E-state index >= 15 is 0 Å². The highest BCUT2D eigenvalue weighted by atomic mass is 16.5. The number of nitrogen functional groups attached to an aromatic ring is 1. The number of amides is 2. The van der Waals surface area contributed by atoms with Crippen molar-refractivity contribution < 1.29 is 14.1 Å². The molecule has 0 aliphatic heterocycles. The smallest absolute Gasteiger partial charge is 0.394 e. The second kappa shape index (κ2) is 10.3. The molecule has 6 aromatic rings. The Balaban J connectivity index is 1.00. The van der Waals surface area contributed by atoms with Gasteiger partial charge in [-0.25, -0.2) is 14.8 Å². The summed E-state index contributed by atoms with van der Waals surface area (Å²) < 4.78 is 6.11. The third-order valence-electron chi connectivity index (χ3n) is 7.71. The summed E-state index contributed by atoms with van der Waals surface area (Å²) in [5.41, 5.74) is 7.99. The molecule has 1 aliphatic rings. The summed E-state index contributed by atoms with van der Waals surface area (Å²) in [4.78, 5) is 71.2. The number of carbonyl (C=O) groups excluding carboxylic acids is 2. The monoisotopic (exact) mass is 590 g/mol. The van der Waals surface area contributed by atoms with Crippen molar-refractivity contribution >= 4 is 28.3 Å². The predicted octanol–water partition coefficient (Wildman–Crippen LogP) is 1.29. The van der Waals surface area contributed by atoms with Gasteiger partial charge in [0.25, 0.3) is 22.7 Å². The molecule has 0 radical (unpaired) electrons. The normalized spacial score (nSPS) is 14.1. The fraction of sp³-hybridized carbons (Fsp3) is 0.133. The molecule has 0 saturated heterocycles. The summed E-state index contributed by atoms with van der Waals surface area (Å²) in [6.45, 7) is 0.177. The molecule has 0 fully saturated rings. The highest BCUT2D eigenvalue weighted by Gasteiger charge is 2.26. The lowest BCUT2D eigenvalue weighted by Crippen LogP contribution is -2.38. The minimum atomic E-state index is -0.686. The van der Waals surface area contributed by atoms with Crippen LogP contribution in [0.2, 0.25) is 0 Å².